The highest BCUT2D eigenvalue weighted by Crippen LogP contribution is 2.30. The second-order valence-electron chi connectivity index (χ2n) is 6.30. The lowest BCUT2D eigenvalue weighted by Gasteiger charge is -2.32. The molecule has 1 N–H and O–H groups in total. The maximum Gasteiger partial charge on any atom is 0.387 e. The molecular weight excluding hydrogens is 390 g/mol. The Bertz CT molecular complexity index is 821. The molecule has 1 fully saturated rings. The molecule has 2 heterocycles. The third kappa shape index (κ3) is 4.78. The molecule has 0 radical (unpaired) electrons. The van der Waals surface area contributed by atoms with Gasteiger partial charge in [0.25, 0.3) is 11.8 Å². The fourth-order valence-electron chi connectivity index (χ4n) is 3.07. The molecule has 1 saturated heterocycles. The van der Waals surface area contributed by atoms with E-state index in [0.29, 0.717) is 31.5 Å². The Morgan fingerprint density at radius 2 is 1.93 bits per heavy atom. The van der Waals surface area contributed by atoms with E-state index in [1.165, 1.54) is 36.6 Å². The van der Waals surface area contributed by atoms with Crippen molar-refractivity contribution < 1.29 is 27.8 Å². The number of likely N-dealkylation sites (tertiary alicyclic amines) is 1. The van der Waals surface area contributed by atoms with Crippen molar-refractivity contribution in [2.45, 2.75) is 25.5 Å². The zero-order chi connectivity index (χ0) is 20.1. The van der Waals surface area contributed by atoms with Crippen LogP contribution < -0.4 is 14.8 Å². The van der Waals surface area contributed by atoms with Crippen LogP contribution in [0.2, 0.25) is 0 Å². The molecule has 0 atom stereocenters. The summed E-state index contributed by atoms with van der Waals surface area (Å²) in [7, 11) is 1.34. The van der Waals surface area contributed by atoms with E-state index < -0.39 is 6.61 Å². The first-order chi connectivity index (χ1) is 13.5. The van der Waals surface area contributed by atoms with Crippen molar-refractivity contribution in [3.63, 3.8) is 0 Å². The monoisotopic (exact) mass is 410 g/mol. The number of hydrogen-bond acceptors (Lipinski definition) is 5. The second-order valence-corrected chi connectivity index (χ2v) is 7.08. The Morgan fingerprint density at radius 1 is 1.18 bits per heavy atom. The van der Waals surface area contributed by atoms with Gasteiger partial charge in [-0.25, -0.2) is 0 Å². The Morgan fingerprint density at radius 3 is 2.54 bits per heavy atom. The number of halogens is 2. The van der Waals surface area contributed by atoms with Crippen molar-refractivity contribution in [2.75, 3.05) is 20.2 Å². The molecule has 3 rings (SSSR count). The van der Waals surface area contributed by atoms with Crippen LogP contribution in [-0.2, 0) is 0 Å². The van der Waals surface area contributed by atoms with Gasteiger partial charge in [-0.2, -0.15) is 20.1 Å². The smallest absolute Gasteiger partial charge is 0.387 e. The molecule has 1 aromatic carbocycles. The van der Waals surface area contributed by atoms with E-state index in [0.717, 1.165) is 0 Å². The zero-order valence-electron chi connectivity index (χ0n) is 15.2. The normalized spacial score (nSPS) is 14.8. The molecule has 0 unspecified atom stereocenters. The standard InChI is InChI=1S/C19H20F2N2O4S/c1-26-15-3-2-12(10-16(15)27-19(20)21)18(25)23-7-4-14(5-8-23)22-17(24)13-6-9-28-11-13/h2-3,6,9-11,14,19H,4-5,7-8H2,1H3,(H,22,24). The van der Waals surface area contributed by atoms with E-state index in [1.54, 1.807) is 16.3 Å². The number of carbonyl (C=O) groups excluding carboxylic acids is 2. The average Bonchev–Trinajstić information content (AvgIpc) is 3.22. The summed E-state index contributed by atoms with van der Waals surface area (Å²) in [5.41, 5.74) is 0.880. The summed E-state index contributed by atoms with van der Waals surface area (Å²) < 4.78 is 34.6. The fraction of sp³-hybridized carbons (Fsp3) is 0.368. The van der Waals surface area contributed by atoms with Gasteiger partial charge in [-0.15, -0.1) is 0 Å². The highest BCUT2D eigenvalue weighted by molar-refractivity contribution is 7.08. The summed E-state index contributed by atoms with van der Waals surface area (Å²) in [4.78, 5) is 26.5. The van der Waals surface area contributed by atoms with E-state index in [1.807, 2.05) is 5.38 Å². The minimum absolute atomic E-state index is 0.00922. The van der Waals surface area contributed by atoms with Crippen LogP contribution in [-0.4, -0.2) is 49.6 Å². The molecule has 6 nitrogen and oxygen atoms in total. The van der Waals surface area contributed by atoms with Crippen molar-refractivity contribution >= 4 is 23.2 Å². The van der Waals surface area contributed by atoms with Crippen LogP contribution >= 0.6 is 11.3 Å². The van der Waals surface area contributed by atoms with E-state index in [4.69, 9.17) is 4.74 Å². The summed E-state index contributed by atoms with van der Waals surface area (Å²) in [5, 5.41) is 6.61. The van der Waals surface area contributed by atoms with Gasteiger partial charge in [0.15, 0.2) is 11.5 Å². The number of rotatable bonds is 6. The van der Waals surface area contributed by atoms with E-state index in [-0.39, 0.29) is 34.9 Å². The molecule has 2 aromatic rings. The number of nitrogens with one attached hydrogen (secondary N) is 1. The number of carbonyl (C=O) groups is 2. The third-order valence-corrected chi connectivity index (χ3v) is 5.21. The molecule has 0 spiro atoms. The van der Waals surface area contributed by atoms with Crippen molar-refractivity contribution in [1.29, 1.82) is 0 Å². The number of benzene rings is 1. The summed E-state index contributed by atoms with van der Waals surface area (Å²) in [5.74, 6) is -0.438. The first-order valence-electron chi connectivity index (χ1n) is 8.73. The maximum absolute atomic E-state index is 12.7. The molecule has 1 aromatic heterocycles. The lowest BCUT2D eigenvalue weighted by molar-refractivity contribution is -0.0512. The number of nitrogens with zero attached hydrogens (tertiary/aromatic N) is 1. The summed E-state index contributed by atoms with van der Waals surface area (Å²) in [6, 6.07) is 5.96. The Labute approximate surface area is 165 Å². The molecular formula is C19H20F2N2O4S. The van der Waals surface area contributed by atoms with Gasteiger partial charge < -0.3 is 19.7 Å². The number of methoxy groups -OCH3 is 1. The van der Waals surface area contributed by atoms with Crippen LogP contribution in [0.1, 0.15) is 33.6 Å². The second kappa shape index (κ2) is 9.01. The van der Waals surface area contributed by atoms with Crippen molar-refractivity contribution in [1.82, 2.24) is 10.2 Å². The molecule has 2 amide bonds. The lowest BCUT2D eigenvalue weighted by atomic mass is 10.0. The van der Waals surface area contributed by atoms with Crippen LogP contribution in [0.25, 0.3) is 0 Å². The molecule has 150 valence electrons. The first-order valence-corrected chi connectivity index (χ1v) is 9.67. The molecule has 28 heavy (non-hydrogen) atoms. The van der Waals surface area contributed by atoms with E-state index in [9.17, 15) is 18.4 Å². The quantitative estimate of drug-likeness (QED) is 0.793. The minimum atomic E-state index is -3.01. The van der Waals surface area contributed by atoms with Crippen LogP contribution in [0.4, 0.5) is 8.78 Å². The van der Waals surface area contributed by atoms with Crippen molar-refractivity contribution in [3.8, 4) is 11.5 Å². The van der Waals surface area contributed by atoms with Crippen molar-refractivity contribution in [2.24, 2.45) is 0 Å². The molecule has 1 aliphatic rings. The molecule has 0 saturated carbocycles. The number of alkyl halides is 2. The lowest BCUT2D eigenvalue weighted by Crippen LogP contribution is -2.46. The van der Waals surface area contributed by atoms with Gasteiger partial charge >= 0.3 is 6.61 Å². The van der Waals surface area contributed by atoms with Gasteiger partial charge in [0.1, 0.15) is 0 Å². The highest BCUT2D eigenvalue weighted by atomic mass is 32.1. The molecule has 0 bridgehead atoms. The minimum Gasteiger partial charge on any atom is -0.493 e. The Hall–Kier alpha value is -2.68. The predicted octanol–water partition coefficient (Wildman–Crippen LogP) is 3.39. The van der Waals surface area contributed by atoms with Crippen LogP contribution in [0.5, 0.6) is 11.5 Å². The van der Waals surface area contributed by atoms with Crippen LogP contribution in [0.15, 0.2) is 35.0 Å². The van der Waals surface area contributed by atoms with E-state index in [2.05, 4.69) is 10.1 Å². The van der Waals surface area contributed by atoms with Gasteiger partial charge in [-0.1, -0.05) is 0 Å². The summed E-state index contributed by atoms with van der Waals surface area (Å²) >= 11 is 1.46. The number of hydrogen-bond donors (Lipinski definition) is 1. The molecule has 9 heteroatoms. The van der Waals surface area contributed by atoms with Gasteiger partial charge in [0.05, 0.1) is 7.11 Å². The third-order valence-electron chi connectivity index (χ3n) is 4.53. The summed E-state index contributed by atoms with van der Waals surface area (Å²) in [6.45, 7) is -2.09. The van der Waals surface area contributed by atoms with Crippen LogP contribution in [0.3, 0.4) is 0 Å². The number of piperidine rings is 1. The Balaban J connectivity index is 1.59. The highest BCUT2D eigenvalue weighted by Gasteiger charge is 2.26. The molecule has 1 aliphatic heterocycles. The predicted molar refractivity (Wildman–Crippen MR) is 100 cm³/mol. The number of ether oxygens (including phenoxy) is 2. The van der Waals surface area contributed by atoms with Gasteiger partial charge in [0, 0.05) is 35.6 Å². The van der Waals surface area contributed by atoms with Gasteiger partial charge in [0.2, 0.25) is 0 Å². The molecule has 0 aliphatic carbocycles. The van der Waals surface area contributed by atoms with E-state index >= 15 is 0 Å². The maximum atomic E-state index is 12.7. The van der Waals surface area contributed by atoms with Crippen LogP contribution in [0, 0.1) is 0 Å². The summed E-state index contributed by atoms with van der Waals surface area (Å²) in [6.07, 6.45) is 1.25. The first kappa shape index (κ1) is 20.1. The van der Waals surface area contributed by atoms with Crippen molar-refractivity contribution in [3.05, 3.63) is 46.2 Å². The average molecular weight is 410 g/mol. The van der Waals surface area contributed by atoms with Gasteiger partial charge in [-0.05, 0) is 42.5 Å². The van der Waals surface area contributed by atoms with Gasteiger partial charge in [-0.3, -0.25) is 9.59 Å². The Kier molecular flexibility index (Phi) is 6.45. The zero-order valence-corrected chi connectivity index (χ0v) is 16.0. The fourth-order valence-corrected chi connectivity index (χ4v) is 3.71. The SMILES string of the molecule is COc1ccc(C(=O)N2CCC(NC(=O)c3ccsc3)CC2)cc1OC(F)F. The number of amides is 2. The largest absolute Gasteiger partial charge is 0.493 e. The topological polar surface area (TPSA) is 67.9 Å². The number of thiophene rings is 1.